The summed E-state index contributed by atoms with van der Waals surface area (Å²) in [5.41, 5.74) is 0.304. The number of amides is 1. The third kappa shape index (κ3) is 5.70. The van der Waals surface area contributed by atoms with Crippen molar-refractivity contribution in [3.63, 3.8) is 0 Å². The zero-order chi connectivity index (χ0) is 18.9. The largest absolute Gasteiger partial charge is 0.493 e. The molecule has 0 fully saturated rings. The van der Waals surface area contributed by atoms with Crippen LogP contribution in [-0.4, -0.2) is 32.7 Å². The van der Waals surface area contributed by atoms with Crippen molar-refractivity contribution in [2.24, 2.45) is 0 Å². The molecule has 140 valence electrons. The van der Waals surface area contributed by atoms with Crippen LogP contribution in [0.1, 0.15) is 18.5 Å². The van der Waals surface area contributed by atoms with E-state index in [1.54, 1.807) is 26.2 Å². The number of hydrogen-bond donors (Lipinski definition) is 2. The quantitative estimate of drug-likeness (QED) is 0.672. The van der Waals surface area contributed by atoms with Gasteiger partial charge in [-0.05, 0) is 25.1 Å². The summed E-state index contributed by atoms with van der Waals surface area (Å²) in [5.74, 6) is -0.303. The molecule has 2 aromatic rings. The Hall–Kier alpha value is -2.67. The number of carbonyl (C=O) groups excluding carboxylic acids is 1. The van der Waals surface area contributed by atoms with Crippen molar-refractivity contribution >= 4 is 5.91 Å². The third-order valence-corrected chi connectivity index (χ3v) is 3.75. The molecule has 26 heavy (non-hydrogen) atoms. The standard InChI is InChI=1S/C19H22F2N2O3/c1-13(15-8-7-14(20)11-16(15)21)23-12-19(24)22-9-10-26-18-6-4-3-5-17(18)25-2/h3-8,11,13,23H,9-10,12H2,1-2H3,(H,22,24)/t13-/m1/s1. The van der Waals surface area contributed by atoms with E-state index in [2.05, 4.69) is 10.6 Å². The molecule has 1 atom stereocenters. The Morgan fingerprint density at radius 1 is 1.15 bits per heavy atom. The van der Waals surface area contributed by atoms with Crippen molar-refractivity contribution < 1.29 is 23.0 Å². The van der Waals surface area contributed by atoms with Gasteiger partial charge in [-0.3, -0.25) is 4.79 Å². The Kier molecular flexibility index (Phi) is 7.35. The van der Waals surface area contributed by atoms with Crippen molar-refractivity contribution in [2.45, 2.75) is 13.0 Å². The van der Waals surface area contributed by atoms with Crippen LogP contribution in [0.15, 0.2) is 42.5 Å². The first kappa shape index (κ1) is 19.7. The summed E-state index contributed by atoms with van der Waals surface area (Å²) >= 11 is 0. The molecule has 0 spiro atoms. The van der Waals surface area contributed by atoms with Crippen LogP contribution in [0.4, 0.5) is 8.78 Å². The highest BCUT2D eigenvalue weighted by molar-refractivity contribution is 5.78. The highest BCUT2D eigenvalue weighted by Crippen LogP contribution is 2.25. The molecule has 0 aliphatic heterocycles. The molecule has 7 heteroatoms. The number of benzene rings is 2. The van der Waals surface area contributed by atoms with E-state index in [1.165, 1.54) is 12.1 Å². The predicted molar refractivity (Wildman–Crippen MR) is 94.3 cm³/mol. The van der Waals surface area contributed by atoms with Gasteiger partial charge >= 0.3 is 0 Å². The van der Waals surface area contributed by atoms with Gasteiger partial charge in [0, 0.05) is 17.7 Å². The van der Waals surface area contributed by atoms with E-state index in [9.17, 15) is 13.6 Å². The van der Waals surface area contributed by atoms with Gasteiger partial charge in [-0.2, -0.15) is 0 Å². The Morgan fingerprint density at radius 2 is 1.88 bits per heavy atom. The van der Waals surface area contributed by atoms with E-state index < -0.39 is 17.7 Å². The fourth-order valence-electron chi connectivity index (χ4n) is 2.36. The Labute approximate surface area is 151 Å². The Balaban J connectivity index is 1.70. The average molecular weight is 364 g/mol. The molecule has 0 radical (unpaired) electrons. The summed E-state index contributed by atoms with van der Waals surface area (Å²) in [6, 6.07) is 10.2. The molecule has 0 aliphatic carbocycles. The van der Waals surface area contributed by atoms with Crippen LogP contribution >= 0.6 is 0 Å². The zero-order valence-corrected chi connectivity index (χ0v) is 14.7. The first-order valence-corrected chi connectivity index (χ1v) is 8.22. The number of hydrogen-bond acceptors (Lipinski definition) is 4. The van der Waals surface area contributed by atoms with Crippen LogP contribution in [0.25, 0.3) is 0 Å². The molecular weight excluding hydrogens is 342 g/mol. The highest BCUT2D eigenvalue weighted by Gasteiger charge is 2.12. The van der Waals surface area contributed by atoms with Crippen molar-refractivity contribution in [3.8, 4) is 11.5 Å². The third-order valence-electron chi connectivity index (χ3n) is 3.75. The molecule has 0 saturated heterocycles. The minimum absolute atomic E-state index is 0.00659. The lowest BCUT2D eigenvalue weighted by atomic mass is 10.1. The number of nitrogens with one attached hydrogen (secondary N) is 2. The summed E-state index contributed by atoms with van der Waals surface area (Å²) in [4.78, 5) is 11.8. The SMILES string of the molecule is COc1ccccc1OCCNC(=O)CN[C@H](C)c1ccc(F)cc1F. The summed E-state index contributed by atoms with van der Waals surface area (Å²) in [6.07, 6.45) is 0. The molecule has 0 unspecified atom stereocenters. The molecule has 0 saturated carbocycles. The zero-order valence-electron chi connectivity index (χ0n) is 14.7. The summed E-state index contributed by atoms with van der Waals surface area (Å²) in [6.45, 7) is 2.31. The van der Waals surface area contributed by atoms with Crippen LogP contribution in [0, 0.1) is 11.6 Å². The topological polar surface area (TPSA) is 59.6 Å². The van der Waals surface area contributed by atoms with Gasteiger partial charge in [-0.15, -0.1) is 0 Å². The van der Waals surface area contributed by atoms with Crippen LogP contribution in [0.5, 0.6) is 11.5 Å². The molecule has 0 heterocycles. The van der Waals surface area contributed by atoms with Crippen molar-refractivity contribution in [3.05, 3.63) is 59.7 Å². The van der Waals surface area contributed by atoms with E-state index in [1.807, 2.05) is 12.1 Å². The van der Waals surface area contributed by atoms with E-state index in [-0.39, 0.29) is 19.1 Å². The second-order valence-electron chi connectivity index (χ2n) is 5.62. The first-order valence-electron chi connectivity index (χ1n) is 8.22. The highest BCUT2D eigenvalue weighted by atomic mass is 19.1. The second kappa shape index (κ2) is 9.72. The molecule has 2 aromatic carbocycles. The lowest BCUT2D eigenvalue weighted by Crippen LogP contribution is -2.37. The van der Waals surface area contributed by atoms with Crippen molar-refractivity contribution in [1.82, 2.24) is 10.6 Å². The van der Waals surface area contributed by atoms with E-state index >= 15 is 0 Å². The molecule has 5 nitrogen and oxygen atoms in total. The lowest BCUT2D eigenvalue weighted by molar-refractivity contribution is -0.120. The van der Waals surface area contributed by atoms with Crippen molar-refractivity contribution in [2.75, 3.05) is 26.8 Å². The molecule has 1 amide bonds. The summed E-state index contributed by atoms with van der Waals surface area (Å²) < 4.78 is 37.3. The van der Waals surface area contributed by atoms with Gasteiger partial charge in [-0.1, -0.05) is 18.2 Å². The van der Waals surface area contributed by atoms with Gasteiger partial charge in [-0.25, -0.2) is 8.78 Å². The molecule has 2 N–H and O–H groups in total. The van der Waals surface area contributed by atoms with Gasteiger partial charge in [0.25, 0.3) is 0 Å². The number of rotatable bonds is 9. The molecule has 0 bridgehead atoms. The predicted octanol–water partition coefficient (Wildman–Crippen LogP) is 2.82. The van der Waals surface area contributed by atoms with Crippen LogP contribution < -0.4 is 20.1 Å². The second-order valence-corrected chi connectivity index (χ2v) is 5.62. The first-order chi connectivity index (χ1) is 12.5. The Bertz CT molecular complexity index is 740. The maximum Gasteiger partial charge on any atom is 0.234 e. The normalized spacial score (nSPS) is 11.7. The number of para-hydroxylation sites is 2. The maximum atomic E-state index is 13.7. The molecule has 0 aromatic heterocycles. The van der Waals surface area contributed by atoms with Crippen LogP contribution in [0.3, 0.4) is 0 Å². The number of ether oxygens (including phenoxy) is 2. The van der Waals surface area contributed by atoms with E-state index in [0.29, 0.717) is 23.6 Å². The molecular formula is C19H22F2N2O3. The van der Waals surface area contributed by atoms with Gasteiger partial charge in [0.05, 0.1) is 20.2 Å². The smallest absolute Gasteiger partial charge is 0.234 e. The fourth-order valence-corrected chi connectivity index (χ4v) is 2.36. The Morgan fingerprint density at radius 3 is 2.58 bits per heavy atom. The van der Waals surface area contributed by atoms with E-state index in [4.69, 9.17) is 9.47 Å². The minimum Gasteiger partial charge on any atom is -0.493 e. The van der Waals surface area contributed by atoms with Crippen LogP contribution in [0.2, 0.25) is 0 Å². The van der Waals surface area contributed by atoms with Crippen LogP contribution in [-0.2, 0) is 4.79 Å². The molecule has 2 rings (SSSR count). The van der Waals surface area contributed by atoms with Crippen molar-refractivity contribution in [1.29, 1.82) is 0 Å². The molecule has 0 aliphatic rings. The van der Waals surface area contributed by atoms with Gasteiger partial charge in [0.2, 0.25) is 5.91 Å². The summed E-state index contributed by atoms with van der Waals surface area (Å²) in [7, 11) is 1.56. The average Bonchev–Trinajstić information content (AvgIpc) is 2.63. The monoisotopic (exact) mass is 364 g/mol. The van der Waals surface area contributed by atoms with Gasteiger partial charge in [0.1, 0.15) is 18.2 Å². The summed E-state index contributed by atoms with van der Waals surface area (Å²) in [5, 5.41) is 5.60. The van der Waals surface area contributed by atoms with Gasteiger partial charge < -0.3 is 20.1 Å². The van der Waals surface area contributed by atoms with E-state index in [0.717, 1.165) is 6.07 Å². The number of halogens is 2. The lowest BCUT2D eigenvalue weighted by Gasteiger charge is -2.15. The maximum absolute atomic E-state index is 13.7. The fraction of sp³-hybridized carbons (Fsp3) is 0.316. The van der Waals surface area contributed by atoms with Gasteiger partial charge in [0.15, 0.2) is 11.5 Å². The number of carbonyl (C=O) groups is 1. The number of methoxy groups -OCH3 is 1. The minimum atomic E-state index is -0.643.